The fraction of sp³-hybridized carbons (Fsp3) is 0.923. The number of rotatable bonds is 6. The van der Waals surface area contributed by atoms with Crippen LogP contribution in [0.2, 0.25) is 0 Å². The van der Waals surface area contributed by atoms with Gasteiger partial charge < -0.3 is 0 Å². The summed E-state index contributed by atoms with van der Waals surface area (Å²) in [5.41, 5.74) is 1.01. The third-order valence-electron chi connectivity index (χ3n) is 8.66. The van der Waals surface area contributed by atoms with Gasteiger partial charge in [-0.2, -0.15) is 0 Å². The Labute approximate surface area is 168 Å². The van der Waals surface area contributed by atoms with E-state index in [9.17, 15) is 4.39 Å². The highest BCUT2D eigenvalue weighted by Crippen LogP contribution is 2.46. The minimum atomic E-state index is 0.211. The zero-order chi connectivity index (χ0) is 19.2. The predicted molar refractivity (Wildman–Crippen MR) is 115 cm³/mol. The Hall–Kier alpha value is -0.330. The first-order valence-electron chi connectivity index (χ1n) is 12.4. The molecule has 0 aromatic heterocycles. The van der Waals surface area contributed by atoms with Gasteiger partial charge in [0.25, 0.3) is 0 Å². The smallest absolute Gasteiger partial charge is 0.0991 e. The van der Waals surface area contributed by atoms with Gasteiger partial charge in [0.05, 0.1) is 5.83 Å². The van der Waals surface area contributed by atoms with E-state index in [1.54, 1.807) is 0 Å². The summed E-state index contributed by atoms with van der Waals surface area (Å²) in [5, 5.41) is 0. The predicted octanol–water partition coefficient (Wildman–Crippen LogP) is 8.86. The molecule has 0 spiro atoms. The average molecular weight is 377 g/mol. The second kappa shape index (κ2) is 10.4. The Balaban J connectivity index is 1.38. The maximum Gasteiger partial charge on any atom is 0.0991 e. The van der Waals surface area contributed by atoms with E-state index in [1.165, 1.54) is 77.0 Å². The number of hydrogen-bond donors (Lipinski definition) is 0. The van der Waals surface area contributed by atoms with Crippen molar-refractivity contribution in [2.24, 2.45) is 35.5 Å². The molecule has 0 saturated heterocycles. The quantitative estimate of drug-likeness (QED) is 0.434. The van der Waals surface area contributed by atoms with E-state index < -0.39 is 0 Å². The SMILES string of the molecule is CCC/C(C)=C(/F)CC1CCC(C2CCC(C3CCC(C)CC3)CC2)CC1. The lowest BCUT2D eigenvalue weighted by Crippen LogP contribution is -2.29. The van der Waals surface area contributed by atoms with E-state index in [-0.39, 0.29) is 5.83 Å². The summed E-state index contributed by atoms with van der Waals surface area (Å²) in [6.45, 7) is 6.58. The number of hydrogen-bond acceptors (Lipinski definition) is 0. The van der Waals surface area contributed by atoms with Gasteiger partial charge in [0.1, 0.15) is 0 Å². The molecule has 3 fully saturated rings. The summed E-state index contributed by atoms with van der Waals surface area (Å²) in [7, 11) is 0. The van der Waals surface area contributed by atoms with Crippen LogP contribution in [0.15, 0.2) is 11.4 Å². The molecule has 0 nitrogen and oxygen atoms in total. The molecule has 156 valence electrons. The zero-order valence-corrected chi connectivity index (χ0v) is 18.4. The van der Waals surface area contributed by atoms with E-state index in [4.69, 9.17) is 0 Å². The Morgan fingerprint density at radius 2 is 1.11 bits per heavy atom. The highest BCUT2D eigenvalue weighted by Gasteiger charge is 2.34. The van der Waals surface area contributed by atoms with Crippen molar-refractivity contribution in [3.8, 4) is 0 Å². The van der Waals surface area contributed by atoms with E-state index in [1.807, 2.05) is 6.92 Å². The minimum absolute atomic E-state index is 0.211. The maximum absolute atomic E-state index is 14.3. The molecule has 27 heavy (non-hydrogen) atoms. The highest BCUT2D eigenvalue weighted by atomic mass is 19.1. The van der Waals surface area contributed by atoms with Gasteiger partial charge in [-0.3, -0.25) is 0 Å². The molecule has 0 amide bonds. The van der Waals surface area contributed by atoms with Crippen LogP contribution in [0.25, 0.3) is 0 Å². The second-order valence-corrected chi connectivity index (χ2v) is 10.6. The van der Waals surface area contributed by atoms with Gasteiger partial charge in [-0.25, -0.2) is 4.39 Å². The van der Waals surface area contributed by atoms with Gasteiger partial charge in [-0.1, -0.05) is 33.1 Å². The summed E-state index contributed by atoms with van der Waals surface area (Å²) in [4.78, 5) is 0. The lowest BCUT2D eigenvalue weighted by Gasteiger charge is -2.41. The average Bonchev–Trinajstić information content (AvgIpc) is 2.69. The normalized spacial score (nSPS) is 39.1. The zero-order valence-electron chi connectivity index (χ0n) is 18.4. The van der Waals surface area contributed by atoms with Crippen molar-refractivity contribution in [2.45, 2.75) is 117 Å². The van der Waals surface area contributed by atoms with Crippen LogP contribution < -0.4 is 0 Å². The minimum Gasteiger partial charge on any atom is -0.212 e. The molecule has 0 bridgehead atoms. The topological polar surface area (TPSA) is 0 Å². The summed E-state index contributed by atoms with van der Waals surface area (Å²) >= 11 is 0. The third-order valence-corrected chi connectivity index (χ3v) is 8.66. The first-order valence-corrected chi connectivity index (χ1v) is 12.4. The molecule has 3 saturated carbocycles. The van der Waals surface area contributed by atoms with Crippen LogP contribution in [0.4, 0.5) is 4.39 Å². The van der Waals surface area contributed by atoms with Crippen molar-refractivity contribution in [3.63, 3.8) is 0 Å². The van der Waals surface area contributed by atoms with Gasteiger partial charge >= 0.3 is 0 Å². The fourth-order valence-corrected chi connectivity index (χ4v) is 6.65. The fourth-order valence-electron chi connectivity index (χ4n) is 6.65. The molecule has 0 aliphatic heterocycles. The Morgan fingerprint density at radius 3 is 1.56 bits per heavy atom. The van der Waals surface area contributed by atoms with Gasteiger partial charge in [-0.15, -0.1) is 0 Å². The Kier molecular flexibility index (Phi) is 8.27. The first-order chi connectivity index (χ1) is 13.1. The van der Waals surface area contributed by atoms with Gasteiger partial charge in [0.15, 0.2) is 0 Å². The number of allylic oxidation sites excluding steroid dienone is 2. The van der Waals surface area contributed by atoms with E-state index in [2.05, 4.69) is 13.8 Å². The van der Waals surface area contributed by atoms with Crippen LogP contribution in [-0.4, -0.2) is 0 Å². The Bertz CT molecular complexity index is 455. The standard InChI is InChI=1S/C26H45F/c1-4-5-20(3)26(27)18-21-8-12-23(13-9-21)25-16-14-24(15-17-25)22-10-6-19(2)7-11-22/h19,21-25H,4-18H2,1-3H3/b26-20+. The molecule has 0 heterocycles. The van der Waals surface area contributed by atoms with Crippen LogP contribution in [0.3, 0.4) is 0 Å². The molecule has 1 heteroatoms. The van der Waals surface area contributed by atoms with Gasteiger partial charge in [-0.05, 0) is 119 Å². The molecule has 0 aromatic carbocycles. The maximum atomic E-state index is 14.3. The summed E-state index contributed by atoms with van der Waals surface area (Å²) in [6.07, 6.45) is 20.0. The molecular weight excluding hydrogens is 331 g/mol. The molecule has 0 atom stereocenters. The van der Waals surface area contributed by atoms with Crippen molar-refractivity contribution < 1.29 is 4.39 Å². The third kappa shape index (κ3) is 6.07. The lowest BCUT2D eigenvalue weighted by molar-refractivity contribution is 0.105. The molecule has 0 aromatic rings. The van der Waals surface area contributed by atoms with E-state index in [0.717, 1.165) is 54.4 Å². The van der Waals surface area contributed by atoms with Crippen molar-refractivity contribution in [3.05, 3.63) is 11.4 Å². The summed E-state index contributed by atoms with van der Waals surface area (Å²) < 4.78 is 14.3. The van der Waals surface area contributed by atoms with Crippen molar-refractivity contribution in [1.82, 2.24) is 0 Å². The second-order valence-electron chi connectivity index (χ2n) is 10.6. The summed E-state index contributed by atoms with van der Waals surface area (Å²) in [6, 6.07) is 0. The summed E-state index contributed by atoms with van der Waals surface area (Å²) in [5.74, 6) is 5.86. The van der Waals surface area contributed by atoms with E-state index in [0.29, 0.717) is 5.92 Å². The van der Waals surface area contributed by atoms with Crippen LogP contribution in [0.5, 0.6) is 0 Å². The lowest BCUT2D eigenvalue weighted by atomic mass is 9.65. The van der Waals surface area contributed by atoms with Crippen molar-refractivity contribution in [2.75, 3.05) is 0 Å². The molecular formula is C26H45F. The molecule has 3 rings (SSSR count). The molecule has 0 unspecified atom stereocenters. The van der Waals surface area contributed by atoms with E-state index >= 15 is 0 Å². The number of halogens is 1. The first kappa shape index (κ1) is 21.4. The monoisotopic (exact) mass is 376 g/mol. The van der Waals surface area contributed by atoms with Gasteiger partial charge in [0.2, 0.25) is 0 Å². The van der Waals surface area contributed by atoms with Crippen LogP contribution in [-0.2, 0) is 0 Å². The molecule has 0 radical (unpaired) electrons. The van der Waals surface area contributed by atoms with Gasteiger partial charge in [0, 0.05) is 6.42 Å². The molecule has 3 aliphatic carbocycles. The largest absolute Gasteiger partial charge is 0.212 e. The Morgan fingerprint density at radius 1 is 0.704 bits per heavy atom. The van der Waals surface area contributed by atoms with Crippen LogP contribution >= 0.6 is 0 Å². The highest BCUT2D eigenvalue weighted by molar-refractivity contribution is 5.05. The van der Waals surface area contributed by atoms with Crippen LogP contribution in [0, 0.1) is 35.5 Å². The molecule has 3 aliphatic rings. The van der Waals surface area contributed by atoms with Crippen LogP contribution in [0.1, 0.15) is 117 Å². The van der Waals surface area contributed by atoms with Crippen molar-refractivity contribution in [1.29, 1.82) is 0 Å². The molecule has 0 N–H and O–H groups in total. The van der Waals surface area contributed by atoms with Crippen molar-refractivity contribution >= 4 is 0 Å².